The Hall–Kier alpha value is -3.27. The highest BCUT2D eigenvalue weighted by Gasteiger charge is 2.27. The van der Waals surface area contributed by atoms with E-state index in [0.717, 1.165) is 4.31 Å². The summed E-state index contributed by atoms with van der Waals surface area (Å²) in [5.41, 5.74) is 6.56. The molecule has 0 bridgehead atoms. The molecule has 3 N–H and O–H groups in total. The molecule has 31 heavy (non-hydrogen) atoms. The summed E-state index contributed by atoms with van der Waals surface area (Å²) in [5.74, 6) is -1.14. The van der Waals surface area contributed by atoms with Crippen molar-refractivity contribution in [3.63, 3.8) is 0 Å². The Labute approximate surface area is 184 Å². The van der Waals surface area contributed by atoms with Gasteiger partial charge in [0.05, 0.1) is 6.54 Å². The van der Waals surface area contributed by atoms with Crippen LogP contribution in [0, 0.1) is 0 Å². The van der Waals surface area contributed by atoms with Gasteiger partial charge in [-0.25, -0.2) is 8.42 Å². The lowest BCUT2D eigenvalue weighted by Crippen LogP contribution is -2.37. The van der Waals surface area contributed by atoms with Crippen molar-refractivity contribution >= 4 is 39.1 Å². The Bertz CT molecular complexity index is 1170. The van der Waals surface area contributed by atoms with Crippen molar-refractivity contribution in [2.24, 2.45) is 5.73 Å². The maximum absolute atomic E-state index is 13.1. The molecule has 2 aromatic carbocycles. The normalized spacial score (nSPS) is 11.3. The number of nitrogens with one attached hydrogen (secondary N) is 1. The van der Waals surface area contributed by atoms with E-state index >= 15 is 0 Å². The van der Waals surface area contributed by atoms with Gasteiger partial charge in [0.1, 0.15) is 4.90 Å². The molecule has 1 heterocycles. The molecule has 3 aromatic rings. The van der Waals surface area contributed by atoms with Crippen LogP contribution in [-0.2, 0) is 21.4 Å². The predicted molar refractivity (Wildman–Crippen MR) is 117 cm³/mol. The molecule has 3 rings (SSSR count). The molecule has 0 atom stereocenters. The molecular formula is C21H19ClN4O4S. The molecule has 0 unspecified atom stereocenters. The van der Waals surface area contributed by atoms with Crippen LogP contribution in [-0.4, -0.2) is 36.1 Å². The lowest BCUT2D eigenvalue weighted by atomic mass is 10.2. The Balaban J connectivity index is 1.82. The molecular weight excluding hydrogens is 440 g/mol. The molecule has 1 aromatic heterocycles. The number of hydrogen-bond acceptors (Lipinski definition) is 5. The molecule has 8 nitrogen and oxygen atoms in total. The van der Waals surface area contributed by atoms with E-state index < -0.39 is 28.4 Å². The average molecular weight is 459 g/mol. The van der Waals surface area contributed by atoms with Gasteiger partial charge in [0, 0.05) is 35.2 Å². The van der Waals surface area contributed by atoms with Crippen LogP contribution in [0.25, 0.3) is 0 Å². The molecule has 0 aliphatic heterocycles. The summed E-state index contributed by atoms with van der Waals surface area (Å²) < 4.78 is 27.3. The van der Waals surface area contributed by atoms with Gasteiger partial charge in [-0.15, -0.1) is 0 Å². The molecule has 0 saturated heterocycles. The van der Waals surface area contributed by atoms with E-state index in [-0.39, 0.29) is 11.4 Å². The van der Waals surface area contributed by atoms with Crippen molar-refractivity contribution in [1.29, 1.82) is 0 Å². The fraction of sp³-hybridized carbons (Fsp3) is 0.0952. The van der Waals surface area contributed by atoms with Crippen LogP contribution in [0.5, 0.6) is 0 Å². The van der Waals surface area contributed by atoms with Crippen LogP contribution in [0.4, 0.5) is 5.69 Å². The number of sulfonamides is 1. The number of hydrogen-bond donors (Lipinski definition) is 2. The van der Waals surface area contributed by atoms with Crippen molar-refractivity contribution in [2.75, 3.05) is 11.9 Å². The van der Waals surface area contributed by atoms with Gasteiger partial charge in [0.15, 0.2) is 0 Å². The number of primary amides is 1. The average Bonchev–Trinajstić information content (AvgIpc) is 2.75. The highest BCUT2D eigenvalue weighted by atomic mass is 35.5. The third-order valence-corrected chi connectivity index (χ3v) is 6.34. The van der Waals surface area contributed by atoms with Crippen LogP contribution in [0.15, 0.2) is 78.0 Å². The number of benzene rings is 2. The number of aromatic nitrogens is 1. The summed E-state index contributed by atoms with van der Waals surface area (Å²) >= 11 is 5.91. The summed E-state index contributed by atoms with van der Waals surface area (Å²) in [5, 5.41) is 3.14. The first-order chi connectivity index (χ1) is 14.8. The van der Waals surface area contributed by atoms with Crippen LogP contribution >= 0.6 is 11.6 Å². The smallest absolute Gasteiger partial charge is 0.248 e. The van der Waals surface area contributed by atoms with Gasteiger partial charge in [-0.3, -0.25) is 14.6 Å². The largest absolute Gasteiger partial charge is 0.366 e. The monoisotopic (exact) mass is 458 g/mol. The van der Waals surface area contributed by atoms with Gasteiger partial charge in [0.2, 0.25) is 21.8 Å². The highest BCUT2D eigenvalue weighted by molar-refractivity contribution is 7.89. The topological polar surface area (TPSA) is 122 Å². The van der Waals surface area contributed by atoms with Crippen LogP contribution in [0.1, 0.15) is 15.9 Å². The first kappa shape index (κ1) is 22.4. The number of nitrogens with two attached hydrogens (primary N) is 1. The highest BCUT2D eigenvalue weighted by Crippen LogP contribution is 2.19. The molecule has 0 aliphatic rings. The first-order valence-electron chi connectivity index (χ1n) is 9.10. The summed E-state index contributed by atoms with van der Waals surface area (Å²) in [7, 11) is -4.00. The summed E-state index contributed by atoms with van der Waals surface area (Å²) in [6.07, 6.45) is 2.69. The van der Waals surface area contributed by atoms with Crippen LogP contribution in [0.3, 0.4) is 0 Å². The van der Waals surface area contributed by atoms with Gasteiger partial charge in [-0.1, -0.05) is 23.7 Å². The Morgan fingerprint density at radius 1 is 1.03 bits per heavy atom. The standard InChI is InChI=1S/C21H19ClN4O4S/c22-17-7-3-15(4-8-17)13-26(31(29,30)19-2-1-11-24-12-19)14-20(27)25-18-9-5-16(6-10-18)21(23)28/h1-12H,13-14H2,(H2,23,28)(H,25,27). The molecule has 0 aliphatic carbocycles. The molecule has 10 heteroatoms. The molecule has 0 spiro atoms. The number of amides is 2. The second-order valence-electron chi connectivity index (χ2n) is 6.58. The fourth-order valence-corrected chi connectivity index (χ4v) is 4.22. The number of rotatable bonds is 8. The van der Waals surface area contributed by atoms with E-state index in [1.807, 2.05) is 0 Å². The van der Waals surface area contributed by atoms with Gasteiger partial charge < -0.3 is 11.1 Å². The second kappa shape index (κ2) is 9.69. The lowest BCUT2D eigenvalue weighted by Gasteiger charge is -2.22. The third kappa shape index (κ3) is 5.88. The number of nitrogens with zero attached hydrogens (tertiary/aromatic N) is 2. The fourth-order valence-electron chi connectivity index (χ4n) is 2.75. The van der Waals surface area contributed by atoms with Crippen molar-refractivity contribution in [3.05, 3.63) is 89.2 Å². The van der Waals surface area contributed by atoms with E-state index in [1.165, 1.54) is 48.8 Å². The van der Waals surface area contributed by atoms with Gasteiger partial charge in [-0.2, -0.15) is 4.31 Å². The number of anilines is 1. The number of halogens is 1. The minimum absolute atomic E-state index is 0.0254. The van der Waals surface area contributed by atoms with Gasteiger partial charge >= 0.3 is 0 Å². The first-order valence-corrected chi connectivity index (χ1v) is 10.9. The molecule has 160 valence electrons. The molecule has 0 radical (unpaired) electrons. The minimum atomic E-state index is -4.00. The molecule has 0 fully saturated rings. The van der Waals surface area contributed by atoms with E-state index in [2.05, 4.69) is 10.3 Å². The maximum atomic E-state index is 13.1. The summed E-state index contributed by atoms with van der Waals surface area (Å²) in [6, 6.07) is 15.5. The molecule has 2 amide bonds. The quantitative estimate of drug-likeness (QED) is 0.537. The van der Waals surface area contributed by atoms with E-state index in [9.17, 15) is 18.0 Å². The molecule has 0 saturated carbocycles. The van der Waals surface area contributed by atoms with Crippen molar-refractivity contribution in [2.45, 2.75) is 11.4 Å². The van der Waals surface area contributed by atoms with Crippen LogP contribution in [0.2, 0.25) is 5.02 Å². The maximum Gasteiger partial charge on any atom is 0.248 e. The zero-order valence-corrected chi connectivity index (χ0v) is 17.8. The van der Waals surface area contributed by atoms with Crippen molar-refractivity contribution < 1.29 is 18.0 Å². The Morgan fingerprint density at radius 3 is 2.29 bits per heavy atom. The van der Waals surface area contributed by atoms with Gasteiger partial charge in [0.25, 0.3) is 0 Å². The lowest BCUT2D eigenvalue weighted by molar-refractivity contribution is -0.116. The second-order valence-corrected chi connectivity index (χ2v) is 8.95. The minimum Gasteiger partial charge on any atom is -0.366 e. The van der Waals surface area contributed by atoms with Gasteiger partial charge in [-0.05, 0) is 54.1 Å². The predicted octanol–water partition coefficient (Wildman–Crippen LogP) is 2.66. The number of carbonyl (C=O) groups is 2. The Kier molecular flexibility index (Phi) is 7.01. The van der Waals surface area contributed by atoms with Crippen LogP contribution < -0.4 is 11.1 Å². The van der Waals surface area contributed by atoms with Crippen molar-refractivity contribution in [1.82, 2.24) is 9.29 Å². The summed E-state index contributed by atoms with van der Waals surface area (Å²) in [6.45, 7) is -0.472. The SMILES string of the molecule is NC(=O)c1ccc(NC(=O)CN(Cc2ccc(Cl)cc2)S(=O)(=O)c2cccnc2)cc1. The Morgan fingerprint density at radius 2 is 1.71 bits per heavy atom. The zero-order valence-electron chi connectivity index (χ0n) is 16.2. The summed E-state index contributed by atoms with van der Waals surface area (Å²) in [4.78, 5) is 27.6. The van der Waals surface area contributed by atoms with E-state index in [1.54, 1.807) is 24.3 Å². The number of pyridine rings is 1. The van der Waals surface area contributed by atoms with Crippen molar-refractivity contribution in [3.8, 4) is 0 Å². The van der Waals surface area contributed by atoms with E-state index in [0.29, 0.717) is 21.8 Å². The van der Waals surface area contributed by atoms with E-state index in [4.69, 9.17) is 17.3 Å². The number of carbonyl (C=O) groups excluding carboxylic acids is 2. The zero-order chi connectivity index (χ0) is 22.4. The third-order valence-electron chi connectivity index (χ3n) is 4.32.